The van der Waals surface area contributed by atoms with E-state index in [0.29, 0.717) is 40.6 Å². The summed E-state index contributed by atoms with van der Waals surface area (Å²) in [6, 6.07) is 12.0. The normalized spacial score (nSPS) is 12.3. The third-order valence-corrected chi connectivity index (χ3v) is 4.77. The number of pyridine rings is 1. The number of carbonyl (C=O) groups excluding carboxylic acids is 1. The number of halogens is 1. The van der Waals surface area contributed by atoms with Crippen molar-refractivity contribution in [1.29, 1.82) is 5.41 Å². The number of anilines is 1. The molecule has 0 bridgehead atoms. The third-order valence-electron chi connectivity index (χ3n) is 4.77. The number of rotatable bonds is 5. The molecule has 2 aromatic carbocycles. The fourth-order valence-electron chi connectivity index (χ4n) is 3.36. The maximum absolute atomic E-state index is 14.4. The number of hydrogen-bond donors (Lipinski definition) is 3. The van der Waals surface area contributed by atoms with Gasteiger partial charge in [0, 0.05) is 54.4 Å². The standard InChI is InChI=1S/C22H19FN4O2/c1-12(24)17-4-3-15(10-20(17)25-2)29-16-5-6-26-19(9-16)13-7-14-11-27-22(28)21(14)18(23)8-13/h3-10,24-25H,11H2,1-2H3,(H,27,28). The highest BCUT2D eigenvalue weighted by Crippen LogP contribution is 2.31. The van der Waals surface area contributed by atoms with Crippen LogP contribution in [0.25, 0.3) is 11.3 Å². The highest BCUT2D eigenvalue weighted by atomic mass is 19.1. The summed E-state index contributed by atoms with van der Waals surface area (Å²) in [6.07, 6.45) is 1.59. The lowest BCUT2D eigenvalue weighted by atomic mass is 10.0. The Balaban J connectivity index is 1.64. The summed E-state index contributed by atoms with van der Waals surface area (Å²) in [5.74, 6) is 0.202. The number of aromatic nitrogens is 1. The van der Waals surface area contributed by atoms with Crippen LogP contribution in [0.5, 0.6) is 11.5 Å². The first-order chi connectivity index (χ1) is 14.0. The second-order valence-corrected chi connectivity index (χ2v) is 6.74. The molecule has 1 aliphatic rings. The minimum Gasteiger partial charge on any atom is -0.457 e. The van der Waals surface area contributed by atoms with E-state index in [4.69, 9.17) is 10.1 Å². The van der Waals surface area contributed by atoms with Crippen LogP contribution >= 0.6 is 0 Å². The molecule has 2 heterocycles. The molecule has 0 radical (unpaired) electrons. The number of benzene rings is 2. The Morgan fingerprint density at radius 1 is 1.21 bits per heavy atom. The molecule has 0 unspecified atom stereocenters. The van der Waals surface area contributed by atoms with E-state index in [1.165, 1.54) is 6.07 Å². The quantitative estimate of drug-likeness (QED) is 0.565. The SMILES string of the molecule is CNc1cc(Oc2ccnc(-c3cc(F)c4c(c3)CNC4=O)c2)ccc1C(C)=N. The smallest absolute Gasteiger partial charge is 0.254 e. The van der Waals surface area contributed by atoms with E-state index in [0.717, 1.165) is 11.3 Å². The average molecular weight is 390 g/mol. The van der Waals surface area contributed by atoms with Gasteiger partial charge in [0.1, 0.15) is 17.3 Å². The van der Waals surface area contributed by atoms with Crippen molar-refractivity contribution in [2.45, 2.75) is 13.5 Å². The van der Waals surface area contributed by atoms with Gasteiger partial charge in [0.25, 0.3) is 5.91 Å². The predicted molar refractivity (Wildman–Crippen MR) is 109 cm³/mol. The molecular weight excluding hydrogens is 371 g/mol. The Labute approximate surface area is 167 Å². The van der Waals surface area contributed by atoms with Gasteiger partial charge < -0.3 is 20.8 Å². The number of fused-ring (bicyclic) bond motifs is 1. The zero-order valence-corrected chi connectivity index (χ0v) is 16.0. The van der Waals surface area contributed by atoms with Crippen molar-refractivity contribution in [1.82, 2.24) is 10.3 Å². The van der Waals surface area contributed by atoms with E-state index in [-0.39, 0.29) is 5.56 Å². The molecule has 0 saturated heterocycles. The van der Waals surface area contributed by atoms with Crippen molar-refractivity contribution >= 4 is 17.3 Å². The molecule has 146 valence electrons. The summed E-state index contributed by atoms with van der Waals surface area (Å²) in [6.45, 7) is 2.03. The topological polar surface area (TPSA) is 87.1 Å². The number of nitrogens with zero attached hydrogens (tertiary/aromatic N) is 1. The zero-order chi connectivity index (χ0) is 20.5. The molecule has 0 aliphatic carbocycles. The first-order valence-electron chi connectivity index (χ1n) is 9.08. The van der Waals surface area contributed by atoms with Gasteiger partial charge in [-0.2, -0.15) is 0 Å². The van der Waals surface area contributed by atoms with Crippen LogP contribution in [-0.2, 0) is 6.54 Å². The molecule has 1 amide bonds. The van der Waals surface area contributed by atoms with Crippen molar-refractivity contribution < 1.29 is 13.9 Å². The number of ether oxygens (including phenoxy) is 1. The Hall–Kier alpha value is -3.74. The van der Waals surface area contributed by atoms with Crippen LogP contribution in [-0.4, -0.2) is 23.7 Å². The zero-order valence-electron chi connectivity index (χ0n) is 16.0. The van der Waals surface area contributed by atoms with Crippen molar-refractivity contribution in [2.24, 2.45) is 0 Å². The molecule has 1 aliphatic heterocycles. The minimum atomic E-state index is -0.558. The van der Waals surface area contributed by atoms with E-state index in [1.54, 1.807) is 44.4 Å². The Morgan fingerprint density at radius 3 is 2.76 bits per heavy atom. The van der Waals surface area contributed by atoms with E-state index >= 15 is 0 Å². The van der Waals surface area contributed by atoms with Gasteiger partial charge in [0.2, 0.25) is 0 Å². The first kappa shape index (κ1) is 18.6. The summed E-state index contributed by atoms with van der Waals surface area (Å²) in [7, 11) is 1.79. The predicted octanol–water partition coefficient (Wildman–Crippen LogP) is 4.35. The van der Waals surface area contributed by atoms with E-state index in [9.17, 15) is 9.18 Å². The summed E-state index contributed by atoms with van der Waals surface area (Å²) in [5, 5.41) is 13.5. The van der Waals surface area contributed by atoms with Crippen LogP contribution < -0.4 is 15.4 Å². The van der Waals surface area contributed by atoms with Crippen LogP contribution in [0.3, 0.4) is 0 Å². The third kappa shape index (κ3) is 3.54. The lowest BCUT2D eigenvalue weighted by Gasteiger charge is -2.12. The first-order valence-corrected chi connectivity index (χ1v) is 9.08. The Morgan fingerprint density at radius 2 is 2.00 bits per heavy atom. The van der Waals surface area contributed by atoms with Crippen LogP contribution in [0.4, 0.5) is 10.1 Å². The molecule has 29 heavy (non-hydrogen) atoms. The summed E-state index contributed by atoms with van der Waals surface area (Å²) < 4.78 is 20.3. The molecule has 6 nitrogen and oxygen atoms in total. The van der Waals surface area contributed by atoms with Crippen molar-refractivity contribution in [3.05, 3.63) is 71.2 Å². The van der Waals surface area contributed by atoms with Gasteiger partial charge in [-0.3, -0.25) is 9.78 Å². The van der Waals surface area contributed by atoms with Crippen LogP contribution in [0.15, 0.2) is 48.7 Å². The molecule has 0 fully saturated rings. The molecule has 3 N–H and O–H groups in total. The summed E-state index contributed by atoms with van der Waals surface area (Å²) in [5.41, 5.74) is 3.89. The number of nitrogens with one attached hydrogen (secondary N) is 3. The van der Waals surface area contributed by atoms with Gasteiger partial charge in [-0.25, -0.2) is 4.39 Å². The van der Waals surface area contributed by atoms with Crippen molar-refractivity contribution in [3.8, 4) is 22.8 Å². The van der Waals surface area contributed by atoms with Gasteiger partial charge in [0.05, 0.1) is 11.3 Å². The van der Waals surface area contributed by atoms with Gasteiger partial charge in [-0.1, -0.05) is 0 Å². The second-order valence-electron chi connectivity index (χ2n) is 6.74. The lowest BCUT2D eigenvalue weighted by molar-refractivity contribution is 0.0962. The maximum atomic E-state index is 14.4. The van der Waals surface area contributed by atoms with Gasteiger partial charge >= 0.3 is 0 Å². The number of amides is 1. The highest BCUT2D eigenvalue weighted by Gasteiger charge is 2.24. The van der Waals surface area contributed by atoms with Gasteiger partial charge in [0.15, 0.2) is 0 Å². The number of hydrogen-bond acceptors (Lipinski definition) is 5. The van der Waals surface area contributed by atoms with Gasteiger partial charge in [-0.15, -0.1) is 0 Å². The Bertz CT molecular complexity index is 1140. The minimum absolute atomic E-state index is 0.0994. The molecule has 7 heteroatoms. The lowest BCUT2D eigenvalue weighted by Crippen LogP contribution is -2.13. The molecule has 0 spiro atoms. The summed E-state index contributed by atoms with van der Waals surface area (Å²) in [4.78, 5) is 16.0. The van der Waals surface area contributed by atoms with E-state index in [2.05, 4.69) is 15.6 Å². The molecule has 1 aromatic heterocycles. The van der Waals surface area contributed by atoms with Crippen LogP contribution in [0, 0.1) is 11.2 Å². The van der Waals surface area contributed by atoms with Crippen LogP contribution in [0.2, 0.25) is 0 Å². The fraction of sp³-hybridized carbons (Fsp3) is 0.136. The van der Waals surface area contributed by atoms with Crippen molar-refractivity contribution in [2.75, 3.05) is 12.4 Å². The molecule has 0 atom stereocenters. The van der Waals surface area contributed by atoms with E-state index in [1.807, 2.05) is 12.1 Å². The monoisotopic (exact) mass is 390 g/mol. The molecule has 0 saturated carbocycles. The largest absolute Gasteiger partial charge is 0.457 e. The Kier molecular flexibility index (Phi) is 4.72. The van der Waals surface area contributed by atoms with Crippen LogP contribution in [0.1, 0.15) is 28.4 Å². The average Bonchev–Trinajstić information content (AvgIpc) is 3.09. The maximum Gasteiger partial charge on any atom is 0.254 e. The molecule has 4 rings (SSSR count). The second kappa shape index (κ2) is 7.35. The van der Waals surface area contributed by atoms with Crippen molar-refractivity contribution in [3.63, 3.8) is 0 Å². The molecule has 3 aromatic rings. The fourth-order valence-corrected chi connectivity index (χ4v) is 3.36. The van der Waals surface area contributed by atoms with E-state index < -0.39 is 11.7 Å². The molecular formula is C22H19FN4O2. The summed E-state index contributed by atoms with van der Waals surface area (Å²) >= 11 is 0. The number of carbonyl (C=O) groups is 1. The van der Waals surface area contributed by atoms with Gasteiger partial charge in [-0.05, 0) is 42.8 Å². The highest BCUT2D eigenvalue weighted by molar-refractivity contribution is 6.01.